The number of rotatable bonds is 2. The van der Waals surface area contributed by atoms with Crippen LogP contribution in [0.4, 0.5) is 0 Å². The molecule has 0 amide bonds. The molecule has 3 heteroatoms. The Morgan fingerprint density at radius 2 is 1.60 bits per heavy atom. The van der Waals surface area contributed by atoms with E-state index < -0.39 is 0 Å². The Bertz CT molecular complexity index is 668. The molecular formula is C17H20LiOP. The molecule has 0 radical (unpaired) electrons. The minimum Gasteiger partial charge on any atom is -1.00 e. The summed E-state index contributed by atoms with van der Waals surface area (Å²) < 4.78 is 0. The fourth-order valence-corrected chi connectivity index (χ4v) is 2.81. The molecule has 0 aromatic heterocycles. The minimum absolute atomic E-state index is 0. The molecule has 20 heavy (non-hydrogen) atoms. The van der Waals surface area contributed by atoms with Gasteiger partial charge >= 0.3 is 18.9 Å². The van der Waals surface area contributed by atoms with Gasteiger partial charge in [-0.05, 0) is 55.3 Å². The smallest absolute Gasteiger partial charge is 1.00 e. The third-order valence-corrected chi connectivity index (χ3v) is 4.29. The number of hydrogen-bond donors (Lipinski definition) is 0. The van der Waals surface area contributed by atoms with Crippen LogP contribution < -0.4 is 24.2 Å². The van der Waals surface area contributed by atoms with Crippen molar-refractivity contribution in [1.82, 2.24) is 0 Å². The normalized spacial score (nSPS) is 10.1. The molecule has 2 aromatic rings. The summed E-state index contributed by atoms with van der Waals surface area (Å²) in [6, 6.07) is 9.79. The Labute approximate surface area is 137 Å². The Morgan fingerprint density at radius 3 is 2.20 bits per heavy atom. The predicted octanol–water partition coefficient (Wildman–Crippen LogP) is 0.768. The number of carbonyl (C=O) groups is 1. The molecule has 1 unspecified atom stereocenters. The van der Waals surface area contributed by atoms with Gasteiger partial charge in [0.2, 0.25) is 0 Å². The SMILES string of the molecule is Cc1cc(C)c(C(=O)c2ccccc2P)c(C)c1C.[H-].[Li+]. The Morgan fingerprint density at radius 1 is 1.00 bits per heavy atom. The largest absolute Gasteiger partial charge is 1.00 e. The average Bonchev–Trinajstić information content (AvgIpc) is 2.36. The van der Waals surface area contributed by atoms with Crippen LogP contribution in [0.2, 0.25) is 0 Å². The van der Waals surface area contributed by atoms with Gasteiger partial charge in [0, 0.05) is 11.1 Å². The summed E-state index contributed by atoms with van der Waals surface area (Å²) in [6.07, 6.45) is 0. The molecular weight excluding hydrogens is 258 g/mol. The maximum absolute atomic E-state index is 12.8. The van der Waals surface area contributed by atoms with Crippen LogP contribution in [0.1, 0.15) is 39.6 Å². The number of carbonyl (C=O) groups excluding carboxylic acids is 1. The van der Waals surface area contributed by atoms with Crippen LogP contribution in [0, 0.1) is 27.7 Å². The first kappa shape index (κ1) is 17.2. The van der Waals surface area contributed by atoms with Crippen molar-refractivity contribution in [3.63, 3.8) is 0 Å². The first-order chi connectivity index (χ1) is 8.93. The number of aryl methyl sites for hydroxylation is 2. The van der Waals surface area contributed by atoms with Crippen molar-refractivity contribution in [2.75, 3.05) is 0 Å². The van der Waals surface area contributed by atoms with E-state index in [2.05, 4.69) is 29.2 Å². The molecule has 1 nitrogen and oxygen atoms in total. The summed E-state index contributed by atoms with van der Waals surface area (Å²) in [5, 5.41) is 0.949. The van der Waals surface area contributed by atoms with Gasteiger partial charge in [0.15, 0.2) is 5.78 Å². The molecule has 0 aliphatic rings. The molecule has 0 aliphatic carbocycles. The van der Waals surface area contributed by atoms with Crippen LogP contribution >= 0.6 is 9.24 Å². The standard InChI is InChI=1S/C17H19OP.Li.H/c1-10-9-11(2)16(13(4)12(10)3)17(18)14-7-5-6-8-15(14)19;;/h5-9H,19H2,1-4H3;;/q;+1;-1. The maximum atomic E-state index is 12.8. The molecule has 0 N–H and O–H groups in total. The maximum Gasteiger partial charge on any atom is 1.00 e. The van der Waals surface area contributed by atoms with Gasteiger partial charge in [-0.3, -0.25) is 4.79 Å². The van der Waals surface area contributed by atoms with Crippen LogP contribution in [-0.2, 0) is 0 Å². The molecule has 2 rings (SSSR count). The zero-order chi connectivity index (χ0) is 14.2. The number of ketones is 1. The molecule has 0 aliphatic heterocycles. The van der Waals surface area contributed by atoms with Crippen molar-refractivity contribution >= 4 is 20.3 Å². The van der Waals surface area contributed by atoms with Gasteiger partial charge in [-0.1, -0.05) is 30.3 Å². The van der Waals surface area contributed by atoms with Crippen molar-refractivity contribution in [3.05, 3.63) is 63.7 Å². The second-order valence-electron chi connectivity index (χ2n) is 5.05. The van der Waals surface area contributed by atoms with Crippen LogP contribution in [0.5, 0.6) is 0 Å². The molecule has 0 fully saturated rings. The van der Waals surface area contributed by atoms with Crippen LogP contribution in [0.25, 0.3) is 0 Å². The van der Waals surface area contributed by atoms with E-state index in [0.717, 1.165) is 27.6 Å². The average molecular weight is 278 g/mol. The number of hydrogen-bond acceptors (Lipinski definition) is 1. The molecule has 0 saturated heterocycles. The monoisotopic (exact) mass is 278 g/mol. The van der Waals surface area contributed by atoms with Gasteiger partial charge in [-0.25, -0.2) is 0 Å². The van der Waals surface area contributed by atoms with E-state index in [9.17, 15) is 4.79 Å². The van der Waals surface area contributed by atoms with Crippen molar-refractivity contribution < 1.29 is 25.1 Å². The van der Waals surface area contributed by atoms with Gasteiger partial charge in [-0.15, -0.1) is 9.24 Å². The van der Waals surface area contributed by atoms with E-state index >= 15 is 0 Å². The van der Waals surface area contributed by atoms with Gasteiger partial charge in [0.05, 0.1) is 0 Å². The Hall–Kier alpha value is -0.863. The van der Waals surface area contributed by atoms with Crippen molar-refractivity contribution in [3.8, 4) is 0 Å². The predicted molar refractivity (Wildman–Crippen MR) is 85.7 cm³/mol. The fourth-order valence-electron chi connectivity index (χ4n) is 2.47. The zero-order valence-corrected chi connectivity index (χ0v) is 14.0. The summed E-state index contributed by atoms with van der Waals surface area (Å²) in [7, 11) is 2.64. The second kappa shape index (κ2) is 6.73. The Balaban J connectivity index is 0.00000200. The van der Waals surface area contributed by atoms with E-state index in [0.29, 0.717) is 0 Å². The quantitative estimate of drug-likeness (QED) is 0.450. The minimum atomic E-state index is 0. The van der Waals surface area contributed by atoms with E-state index in [4.69, 9.17) is 0 Å². The van der Waals surface area contributed by atoms with Crippen molar-refractivity contribution in [1.29, 1.82) is 0 Å². The summed E-state index contributed by atoms with van der Waals surface area (Å²) in [4.78, 5) is 12.8. The molecule has 0 bridgehead atoms. The van der Waals surface area contributed by atoms with Gasteiger partial charge in [0.1, 0.15) is 0 Å². The first-order valence-electron chi connectivity index (χ1n) is 6.40. The molecule has 0 saturated carbocycles. The van der Waals surface area contributed by atoms with Gasteiger partial charge < -0.3 is 1.43 Å². The molecule has 100 valence electrons. The zero-order valence-electron chi connectivity index (χ0n) is 13.9. The topological polar surface area (TPSA) is 17.1 Å². The van der Waals surface area contributed by atoms with E-state index in [1.54, 1.807) is 0 Å². The first-order valence-corrected chi connectivity index (χ1v) is 6.97. The van der Waals surface area contributed by atoms with Crippen LogP contribution in [0.15, 0.2) is 30.3 Å². The van der Waals surface area contributed by atoms with Crippen LogP contribution in [-0.4, -0.2) is 5.78 Å². The van der Waals surface area contributed by atoms with E-state index in [-0.39, 0.29) is 26.1 Å². The van der Waals surface area contributed by atoms with E-state index in [1.807, 2.05) is 38.1 Å². The van der Waals surface area contributed by atoms with Crippen molar-refractivity contribution in [2.45, 2.75) is 27.7 Å². The molecule has 0 spiro atoms. The van der Waals surface area contributed by atoms with Gasteiger partial charge in [-0.2, -0.15) is 0 Å². The van der Waals surface area contributed by atoms with Gasteiger partial charge in [0.25, 0.3) is 0 Å². The molecule has 1 atom stereocenters. The second-order valence-corrected chi connectivity index (χ2v) is 5.67. The van der Waals surface area contributed by atoms with Crippen LogP contribution in [0.3, 0.4) is 0 Å². The van der Waals surface area contributed by atoms with E-state index in [1.165, 1.54) is 11.1 Å². The summed E-state index contributed by atoms with van der Waals surface area (Å²) >= 11 is 0. The third kappa shape index (κ3) is 3.07. The molecule has 2 aromatic carbocycles. The Kier molecular flexibility index (Phi) is 5.78. The number of benzene rings is 2. The summed E-state index contributed by atoms with van der Waals surface area (Å²) in [5.74, 6) is 0.115. The third-order valence-electron chi connectivity index (χ3n) is 3.79. The van der Waals surface area contributed by atoms with Crippen molar-refractivity contribution in [2.24, 2.45) is 0 Å². The summed E-state index contributed by atoms with van der Waals surface area (Å²) in [6.45, 7) is 8.22. The summed E-state index contributed by atoms with van der Waals surface area (Å²) in [5.41, 5.74) is 6.20. The fraction of sp³-hybridized carbons (Fsp3) is 0.235. The molecule has 0 heterocycles.